The minimum atomic E-state index is -0.150. The highest BCUT2D eigenvalue weighted by Gasteiger charge is 2.11. The molecule has 0 saturated carbocycles. The molecule has 2 heterocycles. The minimum absolute atomic E-state index is 0.150. The van der Waals surface area contributed by atoms with E-state index in [1.54, 1.807) is 19.4 Å². The number of amides is 1. The van der Waals surface area contributed by atoms with Crippen LogP contribution in [0, 0.1) is 6.92 Å². The van der Waals surface area contributed by atoms with Crippen molar-refractivity contribution in [3.8, 4) is 11.1 Å². The Morgan fingerprint density at radius 3 is 2.57 bits per heavy atom. The maximum absolute atomic E-state index is 12.6. The molecule has 2 N–H and O–H groups in total. The summed E-state index contributed by atoms with van der Waals surface area (Å²) in [6.45, 7) is 2.01. The summed E-state index contributed by atoms with van der Waals surface area (Å²) in [7, 11) is 1.77. The average molecular weight is 369 g/mol. The molecule has 28 heavy (non-hydrogen) atoms. The summed E-state index contributed by atoms with van der Waals surface area (Å²) in [6, 6.07) is 17.1. The van der Waals surface area contributed by atoms with Crippen molar-refractivity contribution in [2.24, 2.45) is 0 Å². The summed E-state index contributed by atoms with van der Waals surface area (Å²) < 4.78 is 0. The molecule has 0 aliphatic rings. The molecule has 4 rings (SSSR count). The second kappa shape index (κ2) is 7.44. The van der Waals surface area contributed by atoms with Gasteiger partial charge in [0.05, 0.1) is 0 Å². The van der Waals surface area contributed by atoms with Crippen LogP contribution in [0.5, 0.6) is 0 Å². The van der Waals surface area contributed by atoms with Gasteiger partial charge in [0.1, 0.15) is 0 Å². The number of pyridine rings is 1. The first-order valence-electron chi connectivity index (χ1n) is 8.92. The van der Waals surface area contributed by atoms with E-state index < -0.39 is 0 Å². The molecule has 6 heteroatoms. The number of aromatic nitrogens is 3. The molecule has 0 bridgehead atoms. The molecular weight excluding hydrogens is 350 g/mol. The third kappa shape index (κ3) is 3.53. The van der Waals surface area contributed by atoms with Gasteiger partial charge in [-0.15, -0.1) is 0 Å². The van der Waals surface area contributed by atoms with E-state index in [0.717, 1.165) is 27.8 Å². The molecule has 1 amide bonds. The Kier molecular flexibility index (Phi) is 4.68. The topological polar surface area (TPSA) is 79.8 Å². The molecule has 6 nitrogen and oxygen atoms in total. The fourth-order valence-corrected chi connectivity index (χ4v) is 2.99. The number of anilines is 2. The minimum Gasteiger partial charge on any atom is -0.357 e. The van der Waals surface area contributed by atoms with Crippen molar-refractivity contribution >= 4 is 28.6 Å². The van der Waals surface area contributed by atoms with E-state index in [2.05, 4.69) is 25.6 Å². The lowest BCUT2D eigenvalue weighted by atomic mass is 9.98. The Morgan fingerprint density at radius 2 is 1.79 bits per heavy atom. The summed E-state index contributed by atoms with van der Waals surface area (Å²) in [5.41, 5.74) is 4.91. The Balaban J connectivity index is 1.69. The highest BCUT2D eigenvalue weighted by atomic mass is 16.1. The number of nitrogens with one attached hydrogen (secondary N) is 2. The summed E-state index contributed by atoms with van der Waals surface area (Å²) in [6.07, 6.45) is 3.52. The van der Waals surface area contributed by atoms with Gasteiger partial charge in [0.2, 0.25) is 5.95 Å². The van der Waals surface area contributed by atoms with Crippen molar-refractivity contribution in [1.29, 1.82) is 0 Å². The van der Waals surface area contributed by atoms with Gasteiger partial charge in [-0.2, -0.15) is 4.98 Å². The number of aryl methyl sites for hydroxylation is 1. The number of rotatable bonds is 4. The lowest BCUT2D eigenvalue weighted by Crippen LogP contribution is -2.12. The highest BCUT2D eigenvalue weighted by molar-refractivity contribution is 6.05. The van der Waals surface area contributed by atoms with Crippen molar-refractivity contribution < 1.29 is 4.79 Å². The van der Waals surface area contributed by atoms with Crippen molar-refractivity contribution in [1.82, 2.24) is 15.0 Å². The molecule has 0 atom stereocenters. The molecular formula is C22H19N5O. The molecule has 2 aromatic heterocycles. The molecule has 0 unspecified atom stereocenters. The average Bonchev–Trinajstić information content (AvgIpc) is 2.74. The van der Waals surface area contributed by atoms with Gasteiger partial charge in [0, 0.05) is 41.6 Å². The van der Waals surface area contributed by atoms with Crippen molar-refractivity contribution in [3.05, 3.63) is 78.1 Å². The number of hydrogen-bond donors (Lipinski definition) is 2. The van der Waals surface area contributed by atoms with Crippen LogP contribution in [0.15, 0.2) is 67.0 Å². The van der Waals surface area contributed by atoms with Crippen LogP contribution in [0.4, 0.5) is 11.6 Å². The number of carbonyl (C=O) groups excluding carboxylic acids is 1. The van der Waals surface area contributed by atoms with Crippen LogP contribution in [0.25, 0.3) is 22.2 Å². The molecule has 0 aliphatic carbocycles. The third-order valence-corrected chi connectivity index (χ3v) is 4.50. The van der Waals surface area contributed by atoms with Gasteiger partial charge >= 0.3 is 0 Å². The Labute approximate surface area is 162 Å². The second-order valence-corrected chi connectivity index (χ2v) is 6.43. The van der Waals surface area contributed by atoms with Gasteiger partial charge < -0.3 is 10.6 Å². The molecule has 2 aromatic carbocycles. The molecule has 138 valence electrons. The van der Waals surface area contributed by atoms with Gasteiger partial charge in [-0.25, -0.2) is 9.97 Å². The molecule has 0 saturated heterocycles. The number of para-hydroxylation sites is 1. The van der Waals surface area contributed by atoms with Crippen LogP contribution in [0.1, 0.15) is 15.9 Å². The molecule has 0 spiro atoms. The van der Waals surface area contributed by atoms with E-state index in [4.69, 9.17) is 0 Å². The Bertz CT molecular complexity index is 1160. The fourth-order valence-electron chi connectivity index (χ4n) is 2.99. The van der Waals surface area contributed by atoms with E-state index in [-0.39, 0.29) is 5.91 Å². The number of hydrogen-bond acceptors (Lipinski definition) is 5. The Morgan fingerprint density at radius 1 is 0.964 bits per heavy atom. The first kappa shape index (κ1) is 17.6. The van der Waals surface area contributed by atoms with Gasteiger partial charge in [-0.3, -0.25) is 4.79 Å². The zero-order chi connectivity index (χ0) is 19.5. The van der Waals surface area contributed by atoms with Gasteiger partial charge in [-0.1, -0.05) is 24.3 Å². The quantitative estimate of drug-likeness (QED) is 0.561. The molecule has 4 aromatic rings. The molecule has 0 aliphatic heterocycles. The van der Waals surface area contributed by atoms with E-state index in [0.29, 0.717) is 17.2 Å². The van der Waals surface area contributed by atoms with Crippen LogP contribution in [0.2, 0.25) is 0 Å². The SMILES string of the molecule is CNc1ncc2cc(-c3cc(C(=O)Nc4ccccc4)ccc3C)cnc2n1. The normalized spacial score (nSPS) is 10.6. The van der Waals surface area contributed by atoms with E-state index in [1.807, 2.05) is 61.5 Å². The van der Waals surface area contributed by atoms with Crippen LogP contribution in [0.3, 0.4) is 0 Å². The van der Waals surface area contributed by atoms with Crippen molar-refractivity contribution in [2.75, 3.05) is 17.7 Å². The molecule has 0 radical (unpaired) electrons. The fraction of sp³-hybridized carbons (Fsp3) is 0.0909. The van der Waals surface area contributed by atoms with Gasteiger partial charge in [0.25, 0.3) is 5.91 Å². The van der Waals surface area contributed by atoms with Gasteiger partial charge in [0.15, 0.2) is 5.65 Å². The van der Waals surface area contributed by atoms with E-state index in [1.165, 1.54) is 0 Å². The zero-order valence-electron chi connectivity index (χ0n) is 15.6. The summed E-state index contributed by atoms with van der Waals surface area (Å²) in [5, 5.41) is 6.67. The van der Waals surface area contributed by atoms with Crippen molar-refractivity contribution in [2.45, 2.75) is 6.92 Å². The number of nitrogens with zero attached hydrogens (tertiary/aromatic N) is 3. The van der Waals surface area contributed by atoms with Crippen LogP contribution in [-0.2, 0) is 0 Å². The zero-order valence-corrected chi connectivity index (χ0v) is 15.6. The third-order valence-electron chi connectivity index (χ3n) is 4.50. The lowest BCUT2D eigenvalue weighted by Gasteiger charge is -2.10. The number of benzene rings is 2. The second-order valence-electron chi connectivity index (χ2n) is 6.43. The smallest absolute Gasteiger partial charge is 0.255 e. The standard InChI is InChI=1S/C22H19N5O/c1-14-8-9-15(21(28)26-18-6-4-3-5-7-18)11-19(14)16-10-17-13-25-22(23-2)27-20(17)24-12-16/h3-13H,1-2H3,(H,26,28)(H,23,24,25,27). The first-order chi connectivity index (χ1) is 13.6. The largest absolute Gasteiger partial charge is 0.357 e. The van der Waals surface area contributed by atoms with Crippen LogP contribution < -0.4 is 10.6 Å². The Hall–Kier alpha value is -3.80. The predicted molar refractivity (Wildman–Crippen MR) is 111 cm³/mol. The van der Waals surface area contributed by atoms with Gasteiger partial charge in [-0.05, 0) is 48.4 Å². The lowest BCUT2D eigenvalue weighted by molar-refractivity contribution is 0.102. The van der Waals surface area contributed by atoms with E-state index >= 15 is 0 Å². The number of fused-ring (bicyclic) bond motifs is 1. The number of carbonyl (C=O) groups is 1. The van der Waals surface area contributed by atoms with Crippen molar-refractivity contribution in [3.63, 3.8) is 0 Å². The predicted octanol–water partition coefficient (Wildman–Crippen LogP) is 4.29. The van der Waals surface area contributed by atoms with Crippen LogP contribution >= 0.6 is 0 Å². The maximum atomic E-state index is 12.6. The summed E-state index contributed by atoms with van der Waals surface area (Å²) in [5.74, 6) is 0.381. The highest BCUT2D eigenvalue weighted by Crippen LogP contribution is 2.27. The first-order valence-corrected chi connectivity index (χ1v) is 8.92. The maximum Gasteiger partial charge on any atom is 0.255 e. The summed E-state index contributed by atoms with van der Waals surface area (Å²) >= 11 is 0. The summed E-state index contributed by atoms with van der Waals surface area (Å²) in [4.78, 5) is 25.7. The monoisotopic (exact) mass is 369 g/mol. The van der Waals surface area contributed by atoms with E-state index in [9.17, 15) is 4.79 Å². The molecule has 0 fully saturated rings. The van der Waals surface area contributed by atoms with Crippen LogP contribution in [-0.4, -0.2) is 27.9 Å².